The van der Waals surface area contributed by atoms with Gasteiger partial charge >= 0.3 is 0 Å². The first-order valence-corrected chi connectivity index (χ1v) is 15.4. The molecule has 2 amide bonds. The van der Waals surface area contributed by atoms with Gasteiger partial charge in [0, 0.05) is 17.6 Å². The number of nitrogens with one attached hydrogen (secondary N) is 1. The van der Waals surface area contributed by atoms with Crippen LogP contribution in [0.5, 0.6) is 5.75 Å². The van der Waals surface area contributed by atoms with Crippen LogP contribution in [0, 0.1) is 6.92 Å². The summed E-state index contributed by atoms with van der Waals surface area (Å²) in [7, 11) is -4.17. The number of carbonyl (C=O) groups excluding carboxylic acids is 2. The number of ether oxygens (including phenoxy) is 1. The number of halogens is 1. The normalized spacial score (nSPS) is 12.7. The summed E-state index contributed by atoms with van der Waals surface area (Å²) in [5.74, 6) is -0.323. The number of hydrogen-bond donors (Lipinski definition) is 1. The third-order valence-corrected chi connectivity index (χ3v) is 8.76. The lowest BCUT2D eigenvalue weighted by Gasteiger charge is -2.32. The van der Waals surface area contributed by atoms with Crippen LogP contribution in [0.1, 0.15) is 45.2 Å². The quantitative estimate of drug-likeness (QED) is 0.277. The molecule has 0 radical (unpaired) electrons. The Kier molecular flexibility index (Phi) is 11.2. The highest BCUT2D eigenvalue weighted by Gasteiger charge is 2.32. The molecule has 41 heavy (non-hydrogen) atoms. The molecule has 0 spiro atoms. The molecule has 0 aliphatic carbocycles. The molecule has 220 valence electrons. The van der Waals surface area contributed by atoms with Gasteiger partial charge in [0.1, 0.15) is 18.3 Å². The van der Waals surface area contributed by atoms with E-state index in [1.54, 1.807) is 67.6 Å². The summed E-state index contributed by atoms with van der Waals surface area (Å²) in [6, 6.07) is 19.0. The topological polar surface area (TPSA) is 96.0 Å². The monoisotopic (exact) mass is 599 g/mol. The Labute approximate surface area is 248 Å². The third kappa shape index (κ3) is 8.47. The molecule has 10 heteroatoms. The van der Waals surface area contributed by atoms with E-state index >= 15 is 0 Å². The summed E-state index contributed by atoms with van der Waals surface area (Å²) >= 11 is 6.19. The number of benzene rings is 3. The van der Waals surface area contributed by atoms with Crippen molar-refractivity contribution in [1.29, 1.82) is 0 Å². The molecule has 8 nitrogen and oxygen atoms in total. The standard InChI is InChI=1S/C31H38ClN3O5S/c1-6-23(4)33-31(37)24(5)34(20-25-9-8-10-26(32)19-25)30(36)21-35(27-13-11-22(3)12-14-27)41(38,39)29-17-15-28(16-18-29)40-7-2/h8-19,23-24H,6-7,20-21H2,1-5H3,(H,33,37)/t23-,24+/m0/s1. The lowest BCUT2D eigenvalue weighted by Crippen LogP contribution is -2.52. The second-order valence-electron chi connectivity index (χ2n) is 9.90. The minimum atomic E-state index is -4.17. The van der Waals surface area contributed by atoms with Gasteiger partial charge in [-0.25, -0.2) is 8.42 Å². The predicted octanol–water partition coefficient (Wildman–Crippen LogP) is 5.57. The smallest absolute Gasteiger partial charge is 0.264 e. The molecule has 0 heterocycles. The number of hydrogen-bond acceptors (Lipinski definition) is 5. The van der Waals surface area contributed by atoms with Crippen molar-refractivity contribution in [3.05, 3.63) is 88.9 Å². The van der Waals surface area contributed by atoms with Crippen LogP contribution in [-0.2, 0) is 26.2 Å². The van der Waals surface area contributed by atoms with Crippen LogP contribution in [0.25, 0.3) is 0 Å². The first kappa shape index (κ1) is 32.0. The second kappa shape index (κ2) is 14.4. The summed E-state index contributed by atoms with van der Waals surface area (Å²) in [5.41, 5.74) is 1.99. The van der Waals surface area contributed by atoms with E-state index < -0.39 is 28.5 Å². The van der Waals surface area contributed by atoms with Crippen LogP contribution in [-0.4, -0.2) is 50.4 Å². The number of sulfonamides is 1. The fourth-order valence-corrected chi connectivity index (χ4v) is 5.75. The van der Waals surface area contributed by atoms with Crippen molar-refractivity contribution in [3.63, 3.8) is 0 Å². The minimum absolute atomic E-state index is 0.0123. The molecule has 0 fully saturated rings. The van der Waals surface area contributed by atoms with E-state index in [0.29, 0.717) is 28.6 Å². The van der Waals surface area contributed by atoms with Gasteiger partial charge in [-0.3, -0.25) is 13.9 Å². The summed E-state index contributed by atoms with van der Waals surface area (Å²) in [4.78, 5) is 28.5. The number of rotatable bonds is 13. The van der Waals surface area contributed by atoms with Crippen LogP contribution in [0.15, 0.2) is 77.7 Å². The highest BCUT2D eigenvalue weighted by molar-refractivity contribution is 7.92. The average Bonchev–Trinajstić information content (AvgIpc) is 2.95. The predicted molar refractivity (Wildman–Crippen MR) is 163 cm³/mol. The molecule has 0 unspecified atom stereocenters. The highest BCUT2D eigenvalue weighted by atomic mass is 35.5. The largest absolute Gasteiger partial charge is 0.494 e. The first-order chi connectivity index (χ1) is 19.5. The van der Waals surface area contributed by atoms with E-state index in [4.69, 9.17) is 16.3 Å². The van der Waals surface area contributed by atoms with Crippen molar-refractivity contribution in [2.24, 2.45) is 0 Å². The third-order valence-electron chi connectivity index (χ3n) is 6.73. The molecule has 3 aromatic rings. The Morgan fingerprint density at radius 3 is 2.22 bits per heavy atom. The Morgan fingerprint density at radius 1 is 0.976 bits per heavy atom. The molecule has 3 aromatic carbocycles. The number of carbonyl (C=O) groups is 2. The number of anilines is 1. The van der Waals surface area contributed by atoms with Gasteiger partial charge in [0.25, 0.3) is 10.0 Å². The van der Waals surface area contributed by atoms with Crippen molar-refractivity contribution in [2.45, 2.75) is 64.6 Å². The van der Waals surface area contributed by atoms with Gasteiger partial charge in [0.2, 0.25) is 11.8 Å². The summed E-state index contributed by atoms with van der Waals surface area (Å²) in [6.07, 6.45) is 0.724. The zero-order valence-corrected chi connectivity index (χ0v) is 25.7. The zero-order chi connectivity index (χ0) is 30.2. The summed E-state index contributed by atoms with van der Waals surface area (Å²) in [6.45, 7) is 9.21. The highest BCUT2D eigenvalue weighted by Crippen LogP contribution is 2.26. The van der Waals surface area contributed by atoms with E-state index in [1.807, 2.05) is 27.7 Å². The van der Waals surface area contributed by atoms with Crippen molar-refractivity contribution >= 4 is 39.1 Å². The van der Waals surface area contributed by atoms with Gasteiger partial charge in [-0.1, -0.05) is 48.4 Å². The first-order valence-electron chi connectivity index (χ1n) is 13.6. The van der Waals surface area contributed by atoms with E-state index in [0.717, 1.165) is 16.3 Å². The van der Waals surface area contributed by atoms with Gasteiger partial charge in [0.15, 0.2) is 0 Å². The lowest BCUT2D eigenvalue weighted by molar-refractivity contribution is -0.139. The molecule has 0 aromatic heterocycles. The van der Waals surface area contributed by atoms with Crippen molar-refractivity contribution in [3.8, 4) is 5.75 Å². The maximum atomic E-state index is 14.0. The van der Waals surface area contributed by atoms with Gasteiger partial charge < -0.3 is 15.0 Å². The van der Waals surface area contributed by atoms with E-state index in [2.05, 4.69) is 5.32 Å². The van der Waals surface area contributed by atoms with Crippen molar-refractivity contribution < 1.29 is 22.7 Å². The molecular formula is C31H38ClN3O5S. The van der Waals surface area contributed by atoms with Gasteiger partial charge in [-0.05, 0) is 88.2 Å². The maximum Gasteiger partial charge on any atom is 0.264 e. The van der Waals surface area contributed by atoms with Crippen LogP contribution in [0.4, 0.5) is 5.69 Å². The second-order valence-corrected chi connectivity index (χ2v) is 12.2. The van der Waals surface area contributed by atoms with Crippen LogP contribution in [0.2, 0.25) is 5.02 Å². The molecule has 0 aliphatic heterocycles. The Balaban J connectivity index is 2.01. The maximum absolute atomic E-state index is 14.0. The summed E-state index contributed by atoms with van der Waals surface area (Å²) < 4.78 is 34.4. The number of aryl methyl sites for hydroxylation is 1. The zero-order valence-electron chi connectivity index (χ0n) is 24.1. The van der Waals surface area contributed by atoms with E-state index in [9.17, 15) is 18.0 Å². The molecule has 0 bridgehead atoms. The molecule has 2 atom stereocenters. The minimum Gasteiger partial charge on any atom is -0.494 e. The molecule has 1 N–H and O–H groups in total. The Hall–Kier alpha value is -3.56. The van der Waals surface area contributed by atoms with Crippen LogP contribution < -0.4 is 14.4 Å². The number of nitrogens with zero attached hydrogens (tertiary/aromatic N) is 2. The lowest BCUT2D eigenvalue weighted by atomic mass is 10.1. The summed E-state index contributed by atoms with van der Waals surface area (Å²) in [5, 5.41) is 3.41. The average molecular weight is 600 g/mol. The molecule has 0 saturated heterocycles. The SMILES string of the molecule is CCOc1ccc(S(=O)(=O)N(CC(=O)N(Cc2cccc(Cl)c2)[C@H](C)C(=O)N[C@@H](C)CC)c2ccc(C)cc2)cc1. The molecular weight excluding hydrogens is 562 g/mol. The van der Waals surface area contributed by atoms with Crippen LogP contribution in [0.3, 0.4) is 0 Å². The fraction of sp³-hybridized carbons (Fsp3) is 0.355. The van der Waals surface area contributed by atoms with Gasteiger partial charge in [-0.2, -0.15) is 0 Å². The molecule has 3 rings (SSSR count). The van der Waals surface area contributed by atoms with Gasteiger partial charge in [0.05, 0.1) is 17.2 Å². The van der Waals surface area contributed by atoms with Gasteiger partial charge in [-0.15, -0.1) is 0 Å². The Morgan fingerprint density at radius 2 is 1.63 bits per heavy atom. The molecule has 0 aliphatic rings. The number of amides is 2. The molecule has 0 saturated carbocycles. The van der Waals surface area contributed by atoms with Crippen molar-refractivity contribution in [2.75, 3.05) is 17.5 Å². The Bertz CT molecular complexity index is 1430. The van der Waals surface area contributed by atoms with Crippen molar-refractivity contribution in [1.82, 2.24) is 10.2 Å². The van der Waals surface area contributed by atoms with E-state index in [1.165, 1.54) is 17.0 Å². The fourth-order valence-electron chi connectivity index (χ4n) is 4.12. The van der Waals surface area contributed by atoms with E-state index in [-0.39, 0.29) is 23.4 Å². The van der Waals surface area contributed by atoms with Crippen LogP contribution >= 0.6 is 11.6 Å².